The molecule has 1 nitrogen and oxygen atoms in total. The summed E-state index contributed by atoms with van der Waals surface area (Å²) in [5.74, 6) is 0. The molecule has 1 aromatic carbocycles. The molecule has 0 saturated heterocycles. The standard InChI is InChI=1S/C18H23NS/c1-11-8-12(2)17(13(3)9-11)18(19-4)16-10-14-6-5-7-15(14)20-16/h8-10,18-19H,5-7H2,1-4H3. The molecule has 0 aliphatic heterocycles. The van der Waals surface area contributed by atoms with Crippen LogP contribution in [0.2, 0.25) is 0 Å². The molecule has 1 aromatic heterocycles. The summed E-state index contributed by atoms with van der Waals surface area (Å²) in [6.45, 7) is 6.65. The number of rotatable bonds is 3. The molecule has 0 spiro atoms. The average molecular weight is 285 g/mol. The molecule has 0 radical (unpaired) electrons. The second-order valence-electron chi connectivity index (χ2n) is 5.98. The summed E-state index contributed by atoms with van der Waals surface area (Å²) in [4.78, 5) is 3.09. The second kappa shape index (κ2) is 5.34. The minimum Gasteiger partial charge on any atom is -0.309 e. The fourth-order valence-corrected chi connectivity index (χ4v) is 4.95. The molecular formula is C18H23NS. The van der Waals surface area contributed by atoms with Crippen LogP contribution in [-0.2, 0) is 12.8 Å². The molecule has 1 aliphatic carbocycles. The van der Waals surface area contributed by atoms with Gasteiger partial charge in [-0.05, 0) is 75.4 Å². The first kappa shape index (κ1) is 13.8. The van der Waals surface area contributed by atoms with Gasteiger partial charge in [0.2, 0.25) is 0 Å². The Morgan fingerprint density at radius 1 is 1.05 bits per heavy atom. The van der Waals surface area contributed by atoms with Crippen molar-refractivity contribution in [2.24, 2.45) is 0 Å². The van der Waals surface area contributed by atoms with Gasteiger partial charge in [-0.1, -0.05) is 17.7 Å². The topological polar surface area (TPSA) is 12.0 Å². The number of hydrogen-bond acceptors (Lipinski definition) is 2. The van der Waals surface area contributed by atoms with Crippen molar-refractivity contribution in [3.8, 4) is 0 Å². The summed E-state index contributed by atoms with van der Waals surface area (Å²) >= 11 is 2.01. The maximum Gasteiger partial charge on any atom is 0.0673 e. The summed E-state index contributed by atoms with van der Waals surface area (Å²) in [5, 5.41) is 3.53. The molecule has 106 valence electrons. The average Bonchev–Trinajstić information content (AvgIpc) is 2.93. The van der Waals surface area contributed by atoms with Gasteiger partial charge in [-0.25, -0.2) is 0 Å². The van der Waals surface area contributed by atoms with Gasteiger partial charge in [0.1, 0.15) is 0 Å². The van der Waals surface area contributed by atoms with E-state index in [9.17, 15) is 0 Å². The Labute approximate surface area is 126 Å². The Kier molecular flexibility index (Phi) is 3.70. The highest BCUT2D eigenvalue weighted by Crippen LogP contribution is 2.37. The van der Waals surface area contributed by atoms with Crippen LogP contribution in [0.15, 0.2) is 18.2 Å². The van der Waals surface area contributed by atoms with E-state index in [2.05, 4.69) is 51.3 Å². The monoisotopic (exact) mass is 285 g/mol. The number of hydrogen-bond donors (Lipinski definition) is 1. The number of nitrogens with one attached hydrogen (secondary N) is 1. The first-order valence-corrected chi connectivity index (χ1v) is 8.28. The van der Waals surface area contributed by atoms with Crippen molar-refractivity contribution in [2.45, 2.75) is 46.1 Å². The van der Waals surface area contributed by atoms with E-state index in [4.69, 9.17) is 0 Å². The summed E-state index contributed by atoms with van der Waals surface area (Å²) < 4.78 is 0. The predicted octanol–water partition coefficient (Wildman–Crippen LogP) is 4.47. The van der Waals surface area contributed by atoms with E-state index in [1.54, 1.807) is 10.4 Å². The van der Waals surface area contributed by atoms with Crippen molar-refractivity contribution < 1.29 is 0 Å². The molecular weight excluding hydrogens is 262 g/mol. The predicted molar refractivity (Wildman–Crippen MR) is 87.9 cm³/mol. The van der Waals surface area contributed by atoms with E-state index in [1.165, 1.54) is 46.4 Å². The van der Waals surface area contributed by atoms with E-state index in [-0.39, 0.29) is 0 Å². The molecule has 0 saturated carbocycles. The molecule has 0 fully saturated rings. The van der Waals surface area contributed by atoms with Crippen molar-refractivity contribution in [3.63, 3.8) is 0 Å². The van der Waals surface area contributed by atoms with Gasteiger partial charge in [0.15, 0.2) is 0 Å². The second-order valence-corrected chi connectivity index (χ2v) is 7.15. The minimum atomic E-state index is 0.339. The molecule has 20 heavy (non-hydrogen) atoms. The molecule has 0 amide bonds. The zero-order valence-electron chi connectivity index (χ0n) is 12.8. The molecule has 1 atom stereocenters. The molecule has 0 bridgehead atoms. The van der Waals surface area contributed by atoms with Crippen LogP contribution in [0.3, 0.4) is 0 Å². The molecule has 2 heteroatoms. The van der Waals surface area contributed by atoms with Crippen LogP contribution >= 0.6 is 11.3 Å². The van der Waals surface area contributed by atoms with E-state index in [0.717, 1.165) is 0 Å². The maximum absolute atomic E-state index is 3.53. The molecule has 1 unspecified atom stereocenters. The Bertz CT molecular complexity index is 594. The molecule has 1 aliphatic rings. The van der Waals surface area contributed by atoms with Crippen LogP contribution in [0, 0.1) is 20.8 Å². The summed E-state index contributed by atoms with van der Waals surface area (Å²) in [7, 11) is 2.08. The highest BCUT2D eigenvalue weighted by molar-refractivity contribution is 7.12. The van der Waals surface area contributed by atoms with Gasteiger partial charge < -0.3 is 5.32 Å². The van der Waals surface area contributed by atoms with Crippen molar-refractivity contribution in [2.75, 3.05) is 7.05 Å². The zero-order chi connectivity index (χ0) is 14.3. The largest absolute Gasteiger partial charge is 0.309 e. The van der Waals surface area contributed by atoms with Gasteiger partial charge in [-0.15, -0.1) is 11.3 Å². The Hall–Kier alpha value is -1.12. The van der Waals surface area contributed by atoms with Gasteiger partial charge >= 0.3 is 0 Å². The Morgan fingerprint density at radius 3 is 2.35 bits per heavy atom. The SMILES string of the molecule is CNC(c1cc2c(s1)CCC2)c1c(C)cc(C)cc1C. The Balaban J connectivity index is 2.05. The smallest absolute Gasteiger partial charge is 0.0673 e. The first-order valence-electron chi connectivity index (χ1n) is 7.46. The van der Waals surface area contributed by atoms with E-state index in [0.29, 0.717) is 6.04 Å². The molecule has 1 heterocycles. The maximum atomic E-state index is 3.53. The van der Waals surface area contributed by atoms with E-state index < -0.39 is 0 Å². The summed E-state index contributed by atoms with van der Waals surface area (Å²) in [6.07, 6.45) is 3.89. The molecule has 1 N–H and O–H groups in total. The van der Waals surface area contributed by atoms with Gasteiger partial charge in [-0.3, -0.25) is 0 Å². The van der Waals surface area contributed by atoms with Gasteiger partial charge in [-0.2, -0.15) is 0 Å². The third-order valence-electron chi connectivity index (χ3n) is 4.37. The van der Waals surface area contributed by atoms with Crippen molar-refractivity contribution in [1.29, 1.82) is 0 Å². The van der Waals surface area contributed by atoms with Crippen molar-refractivity contribution in [3.05, 3.63) is 55.8 Å². The quantitative estimate of drug-likeness (QED) is 0.877. The van der Waals surface area contributed by atoms with Gasteiger partial charge in [0, 0.05) is 9.75 Å². The Morgan fingerprint density at radius 2 is 1.75 bits per heavy atom. The first-order chi connectivity index (χ1) is 9.60. The molecule has 2 aromatic rings. The van der Waals surface area contributed by atoms with Crippen molar-refractivity contribution in [1.82, 2.24) is 5.32 Å². The lowest BCUT2D eigenvalue weighted by molar-refractivity contribution is 0.693. The lowest BCUT2D eigenvalue weighted by atomic mass is 9.93. The van der Waals surface area contributed by atoms with Gasteiger partial charge in [0.25, 0.3) is 0 Å². The van der Waals surface area contributed by atoms with E-state index >= 15 is 0 Å². The van der Waals surface area contributed by atoms with E-state index in [1.807, 2.05) is 11.3 Å². The number of fused-ring (bicyclic) bond motifs is 1. The van der Waals surface area contributed by atoms with Crippen LogP contribution < -0.4 is 5.32 Å². The minimum absolute atomic E-state index is 0.339. The normalized spacial score (nSPS) is 15.4. The van der Waals surface area contributed by atoms with Crippen LogP contribution in [0.5, 0.6) is 0 Å². The van der Waals surface area contributed by atoms with Gasteiger partial charge in [0.05, 0.1) is 6.04 Å². The highest BCUT2D eigenvalue weighted by atomic mass is 32.1. The van der Waals surface area contributed by atoms with Crippen LogP contribution in [-0.4, -0.2) is 7.05 Å². The lowest BCUT2D eigenvalue weighted by Crippen LogP contribution is -2.19. The number of benzene rings is 1. The fourth-order valence-electron chi connectivity index (χ4n) is 3.57. The highest BCUT2D eigenvalue weighted by Gasteiger charge is 2.22. The number of aryl methyl sites for hydroxylation is 5. The third kappa shape index (κ3) is 2.32. The van der Waals surface area contributed by atoms with Crippen LogP contribution in [0.1, 0.15) is 50.0 Å². The lowest BCUT2D eigenvalue weighted by Gasteiger charge is -2.21. The number of thiophene rings is 1. The summed E-state index contributed by atoms with van der Waals surface area (Å²) in [5.41, 5.74) is 7.20. The van der Waals surface area contributed by atoms with Crippen molar-refractivity contribution >= 4 is 11.3 Å². The van der Waals surface area contributed by atoms with Crippen LogP contribution in [0.4, 0.5) is 0 Å². The van der Waals surface area contributed by atoms with Crippen LogP contribution in [0.25, 0.3) is 0 Å². The third-order valence-corrected chi connectivity index (χ3v) is 5.67. The summed E-state index contributed by atoms with van der Waals surface area (Å²) in [6, 6.07) is 7.38. The zero-order valence-corrected chi connectivity index (χ0v) is 13.7. The molecule has 3 rings (SSSR count). The fraction of sp³-hybridized carbons (Fsp3) is 0.444.